The molecule has 0 saturated heterocycles. The Hall–Kier alpha value is -2.44. The van der Waals surface area contributed by atoms with Crippen molar-refractivity contribution in [3.05, 3.63) is 92.5 Å². The molecule has 0 aliphatic carbocycles. The average Bonchev–Trinajstić information content (AvgIpc) is 2.90. The van der Waals surface area contributed by atoms with Gasteiger partial charge in [-0.3, -0.25) is 13.9 Å². The third-order valence-corrected chi connectivity index (χ3v) is 8.88. The lowest BCUT2D eigenvalue weighted by Gasteiger charge is -2.32. The molecule has 38 heavy (non-hydrogen) atoms. The number of benzene rings is 3. The van der Waals surface area contributed by atoms with Crippen LogP contribution in [0, 0.1) is 9.49 Å². The molecule has 0 bridgehead atoms. The zero-order chi connectivity index (χ0) is 27.9. The molecule has 202 valence electrons. The Kier molecular flexibility index (Phi) is 10.8. The molecule has 0 radical (unpaired) electrons. The molecule has 1 N–H and O–H groups in total. The van der Waals surface area contributed by atoms with Gasteiger partial charge >= 0.3 is 0 Å². The van der Waals surface area contributed by atoms with Crippen molar-refractivity contribution in [2.24, 2.45) is 5.92 Å². The van der Waals surface area contributed by atoms with Crippen molar-refractivity contribution in [1.82, 2.24) is 10.2 Å². The zero-order valence-corrected chi connectivity index (χ0v) is 26.0. The van der Waals surface area contributed by atoms with Gasteiger partial charge in [0, 0.05) is 21.1 Å². The molecule has 0 spiro atoms. The number of hydrogen-bond donors (Lipinski definition) is 1. The highest BCUT2D eigenvalue weighted by Crippen LogP contribution is 2.25. The quantitative estimate of drug-likeness (QED) is 0.269. The number of halogens is 2. The summed E-state index contributed by atoms with van der Waals surface area (Å²) in [5.74, 6) is -0.539. The van der Waals surface area contributed by atoms with Crippen LogP contribution < -0.4 is 9.62 Å². The Morgan fingerprint density at radius 2 is 1.53 bits per heavy atom. The van der Waals surface area contributed by atoms with Gasteiger partial charge in [0.2, 0.25) is 11.8 Å². The minimum atomic E-state index is -4.06. The Labute approximate surface area is 246 Å². The molecule has 3 aromatic carbocycles. The van der Waals surface area contributed by atoms with Gasteiger partial charge in [0.15, 0.2) is 0 Å². The molecular weight excluding hydrogens is 681 g/mol. The standard InChI is InChI=1S/C28H31BrIN3O4S/c1-20(2)17-31-28(35)21(3)32(18-22-9-11-23(29)12-10-22)27(34)19-33(25-15-13-24(30)14-16-25)38(36,37)26-7-5-4-6-8-26/h4-16,20-21H,17-19H2,1-3H3,(H,31,35)/t21-/m0/s1. The SMILES string of the molecule is CC(C)CNC(=O)[C@H](C)N(Cc1ccc(Br)cc1)C(=O)CN(c1ccc(I)cc1)S(=O)(=O)c1ccccc1. The van der Waals surface area contributed by atoms with Crippen molar-refractivity contribution in [1.29, 1.82) is 0 Å². The summed E-state index contributed by atoms with van der Waals surface area (Å²) in [6, 6.07) is 21.6. The Balaban J connectivity index is 1.98. The van der Waals surface area contributed by atoms with Crippen LogP contribution >= 0.6 is 38.5 Å². The van der Waals surface area contributed by atoms with Gasteiger partial charge < -0.3 is 10.2 Å². The molecule has 0 aliphatic heterocycles. The highest BCUT2D eigenvalue weighted by molar-refractivity contribution is 14.1. The monoisotopic (exact) mass is 711 g/mol. The van der Waals surface area contributed by atoms with E-state index >= 15 is 0 Å². The summed E-state index contributed by atoms with van der Waals surface area (Å²) in [5, 5.41) is 2.89. The summed E-state index contributed by atoms with van der Waals surface area (Å²) in [6.07, 6.45) is 0. The number of rotatable bonds is 11. The molecule has 0 unspecified atom stereocenters. The van der Waals surface area contributed by atoms with Crippen molar-refractivity contribution in [2.45, 2.75) is 38.3 Å². The second kappa shape index (κ2) is 13.6. The van der Waals surface area contributed by atoms with E-state index < -0.39 is 28.5 Å². The summed E-state index contributed by atoms with van der Waals surface area (Å²) in [7, 11) is -4.06. The van der Waals surface area contributed by atoms with Crippen molar-refractivity contribution in [2.75, 3.05) is 17.4 Å². The summed E-state index contributed by atoms with van der Waals surface area (Å²) >= 11 is 5.56. The van der Waals surface area contributed by atoms with E-state index in [1.54, 1.807) is 49.4 Å². The van der Waals surface area contributed by atoms with Crippen molar-refractivity contribution >= 4 is 66.0 Å². The van der Waals surface area contributed by atoms with E-state index in [9.17, 15) is 18.0 Å². The fourth-order valence-corrected chi connectivity index (χ4v) is 5.74. The van der Waals surface area contributed by atoms with E-state index in [1.165, 1.54) is 17.0 Å². The number of carbonyl (C=O) groups excluding carboxylic acids is 2. The Morgan fingerprint density at radius 3 is 2.11 bits per heavy atom. The molecule has 0 heterocycles. The largest absolute Gasteiger partial charge is 0.354 e. The second-order valence-corrected chi connectivity index (χ2v) is 13.3. The zero-order valence-electron chi connectivity index (χ0n) is 21.5. The topological polar surface area (TPSA) is 86.8 Å². The molecule has 0 aromatic heterocycles. The predicted molar refractivity (Wildman–Crippen MR) is 162 cm³/mol. The number of carbonyl (C=O) groups is 2. The van der Waals surface area contributed by atoms with E-state index in [0.29, 0.717) is 12.2 Å². The lowest BCUT2D eigenvalue weighted by molar-refractivity contribution is -0.139. The van der Waals surface area contributed by atoms with E-state index in [0.717, 1.165) is 17.9 Å². The third kappa shape index (κ3) is 8.03. The first-order chi connectivity index (χ1) is 18.0. The summed E-state index contributed by atoms with van der Waals surface area (Å²) in [5.41, 5.74) is 1.18. The Bertz CT molecular complexity index is 1330. The van der Waals surface area contributed by atoms with E-state index in [-0.39, 0.29) is 23.3 Å². The lowest BCUT2D eigenvalue weighted by Crippen LogP contribution is -2.51. The number of anilines is 1. The van der Waals surface area contributed by atoms with E-state index in [1.807, 2.05) is 38.1 Å². The van der Waals surface area contributed by atoms with Gasteiger partial charge in [-0.2, -0.15) is 0 Å². The number of amides is 2. The van der Waals surface area contributed by atoms with Crippen LogP contribution in [-0.4, -0.2) is 44.3 Å². The van der Waals surface area contributed by atoms with Crippen LogP contribution in [0.2, 0.25) is 0 Å². The first-order valence-corrected chi connectivity index (χ1v) is 15.4. The third-order valence-electron chi connectivity index (χ3n) is 5.84. The molecule has 0 fully saturated rings. The maximum absolute atomic E-state index is 13.9. The van der Waals surface area contributed by atoms with Gasteiger partial charge in [-0.15, -0.1) is 0 Å². The highest BCUT2D eigenvalue weighted by Gasteiger charge is 2.32. The Morgan fingerprint density at radius 1 is 0.921 bits per heavy atom. The lowest BCUT2D eigenvalue weighted by atomic mass is 10.1. The summed E-state index contributed by atoms with van der Waals surface area (Å²) in [4.78, 5) is 28.4. The van der Waals surface area contributed by atoms with Gasteiger partial charge in [-0.1, -0.05) is 60.1 Å². The predicted octanol–water partition coefficient (Wildman–Crippen LogP) is 5.44. The average molecular weight is 712 g/mol. The maximum atomic E-state index is 13.9. The van der Waals surface area contributed by atoms with E-state index in [4.69, 9.17) is 0 Å². The smallest absolute Gasteiger partial charge is 0.264 e. The molecule has 3 rings (SSSR count). The van der Waals surface area contributed by atoms with E-state index in [2.05, 4.69) is 43.8 Å². The number of nitrogens with one attached hydrogen (secondary N) is 1. The molecule has 7 nitrogen and oxygen atoms in total. The number of nitrogens with zero attached hydrogens (tertiary/aromatic N) is 2. The van der Waals surface area contributed by atoms with Crippen LogP contribution in [0.3, 0.4) is 0 Å². The number of hydrogen-bond acceptors (Lipinski definition) is 4. The minimum absolute atomic E-state index is 0.0773. The molecule has 10 heteroatoms. The molecule has 1 atom stereocenters. The van der Waals surface area contributed by atoms with Crippen LogP contribution in [0.15, 0.2) is 88.2 Å². The van der Waals surface area contributed by atoms with Crippen molar-refractivity contribution in [3.8, 4) is 0 Å². The molecular formula is C28H31BrIN3O4S. The fraction of sp³-hybridized carbons (Fsp3) is 0.286. The molecule has 2 amide bonds. The molecule has 0 saturated carbocycles. The first kappa shape index (κ1) is 30.1. The minimum Gasteiger partial charge on any atom is -0.354 e. The molecule has 0 aliphatic rings. The van der Waals surface area contributed by atoms with Crippen molar-refractivity contribution in [3.63, 3.8) is 0 Å². The van der Waals surface area contributed by atoms with Gasteiger partial charge in [-0.25, -0.2) is 8.42 Å². The van der Waals surface area contributed by atoms with Gasteiger partial charge in [0.05, 0.1) is 10.6 Å². The van der Waals surface area contributed by atoms with Crippen LogP contribution in [0.4, 0.5) is 5.69 Å². The van der Waals surface area contributed by atoms with Gasteiger partial charge in [0.1, 0.15) is 12.6 Å². The summed E-state index contributed by atoms with van der Waals surface area (Å²) in [6.45, 7) is 5.80. The number of sulfonamides is 1. The maximum Gasteiger partial charge on any atom is 0.264 e. The highest BCUT2D eigenvalue weighted by atomic mass is 127. The first-order valence-electron chi connectivity index (χ1n) is 12.1. The normalized spacial score (nSPS) is 12.2. The van der Waals surface area contributed by atoms with Crippen LogP contribution in [0.5, 0.6) is 0 Å². The fourth-order valence-electron chi connectivity index (χ4n) is 3.68. The van der Waals surface area contributed by atoms with Gasteiger partial charge in [0.25, 0.3) is 10.0 Å². The molecule has 3 aromatic rings. The van der Waals surface area contributed by atoms with Crippen LogP contribution in [0.25, 0.3) is 0 Å². The van der Waals surface area contributed by atoms with Crippen molar-refractivity contribution < 1.29 is 18.0 Å². The van der Waals surface area contributed by atoms with Crippen LogP contribution in [-0.2, 0) is 26.2 Å². The summed E-state index contributed by atoms with van der Waals surface area (Å²) < 4.78 is 30.4. The van der Waals surface area contributed by atoms with Gasteiger partial charge in [-0.05, 0) is 89.5 Å². The van der Waals surface area contributed by atoms with Crippen LogP contribution in [0.1, 0.15) is 26.3 Å². The second-order valence-electron chi connectivity index (χ2n) is 9.26.